The van der Waals surface area contributed by atoms with Crippen LogP contribution in [0.25, 0.3) is 10.1 Å². The zero-order valence-corrected chi connectivity index (χ0v) is 17.7. The molecule has 0 bridgehead atoms. The summed E-state index contributed by atoms with van der Waals surface area (Å²) in [4.78, 5) is 11.4. The molecular formula is C19H19IN4O2S. The Hall–Kier alpha value is -2.46. The maximum absolute atomic E-state index is 11.4. The topological polar surface area (TPSA) is 89.1 Å². The fourth-order valence-corrected chi connectivity index (χ4v) is 3.27. The van der Waals surface area contributed by atoms with Gasteiger partial charge in [-0.3, -0.25) is 0 Å². The third-order valence-corrected chi connectivity index (χ3v) is 4.70. The maximum Gasteiger partial charge on any atom is 0.337 e. The number of guanidine groups is 1. The quantitative estimate of drug-likeness (QED) is 0.186. The minimum atomic E-state index is -0.360. The zero-order valence-electron chi connectivity index (χ0n) is 14.6. The Morgan fingerprint density at radius 2 is 1.96 bits per heavy atom. The van der Waals surface area contributed by atoms with E-state index >= 15 is 0 Å². The van der Waals surface area contributed by atoms with Gasteiger partial charge in [-0.15, -0.1) is 40.4 Å². The van der Waals surface area contributed by atoms with Gasteiger partial charge in [0.2, 0.25) is 5.96 Å². The highest BCUT2D eigenvalue weighted by Crippen LogP contribution is 2.24. The first-order chi connectivity index (χ1) is 12.7. The fourth-order valence-electron chi connectivity index (χ4n) is 2.36. The van der Waals surface area contributed by atoms with Crippen molar-refractivity contribution < 1.29 is 9.53 Å². The number of methoxy groups -OCH3 is 1. The fraction of sp³-hybridized carbons (Fsp3) is 0.105. The van der Waals surface area contributed by atoms with Gasteiger partial charge in [0.05, 0.1) is 18.9 Å². The second-order valence-corrected chi connectivity index (χ2v) is 6.37. The number of esters is 1. The van der Waals surface area contributed by atoms with Crippen LogP contribution < -0.4 is 11.1 Å². The van der Waals surface area contributed by atoms with E-state index in [1.807, 2.05) is 29.6 Å². The molecule has 27 heavy (non-hydrogen) atoms. The van der Waals surface area contributed by atoms with Crippen LogP contribution in [0.3, 0.4) is 0 Å². The van der Waals surface area contributed by atoms with Crippen LogP contribution in [0, 0.1) is 0 Å². The van der Waals surface area contributed by atoms with Crippen LogP contribution in [0.5, 0.6) is 0 Å². The van der Waals surface area contributed by atoms with Crippen molar-refractivity contribution in [3.05, 3.63) is 70.6 Å². The molecule has 0 atom stereocenters. The molecule has 0 aliphatic carbocycles. The van der Waals surface area contributed by atoms with Crippen LogP contribution in [0.1, 0.15) is 21.5 Å². The van der Waals surface area contributed by atoms with Gasteiger partial charge in [0.25, 0.3) is 0 Å². The first-order valence-electron chi connectivity index (χ1n) is 7.91. The number of nitrogens with zero attached hydrogens (tertiary/aromatic N) is 2. The van der Waals surface area contributed by atoms with Gasteiger partial charge in [-0.1, -0.05) is 30.3 Å². The number of ether oxygens (including phenoxy) is 1. The molecule has 140 valence electrons. The number of nitrogens with two attached hydrogens (primary N) is 1. The van der Waals surface area contributed by atoms with Crippen molar-refractivity contribution in [1.29, 1.82) is 0 Å². The van der Waals surface area contributed by atoms with Gasteiger partial charge in [-0.2, -0.15) is 5.10 Å². The molecule has 0 saturated carbocycles. The highest BCUT2D eigenvalue weighted by atomic mass is 127. The van der Waals surface area contributed by atoms with Gasteiger partial charge in [-0.25, -0.2) is 4.79 Å². The predicted molar refractivity (Wildman–Crippen MR) is 121 cm³/mol. The number of hydrogen-bond donors (Lipinski definition) is 2. The van der Waals surface area contributed by atoms with E-state index in [0.717, 1.165) is 16.5 Å². The molecule has 0 aliphatic heterocycles. The Morgan fingerprint density at radius 1 is 1.22 bits per heavy atom. The summed E-state index contributed by atoms with van der Waals surface area (Å²) in [6.07, 6.45) is 1.69. The number of carbonyl (C=O) groups is 1. The van der Waals surface area contributed by atoms with E-state index in [0.29, 0.717) is 12.1 Å². The highest BCUT2D eigenvalue weighted by Gasteiger charge is 2.04. The molecule has 6 nitrogen and oxygen atoms in total. The van der Waals surface area contributed by atoms with E-state index in [2.05, 4.69) is 32.4 Å². The van der Waals surface area contributed by atoms with Gasteiger partial charge in [-0.05, 0) is 23.8 Å². The monoisotopic (exact) mass is 494 g/mol. The van der Waals surface area contributed by atoms with Crippen molar-refractivity contribution in [2.24, 2.45) is 15.9 Å². The Bertz CT molecular complexity index is 967. The standard InChI is InChI=1S/C19H18N4O2S.HI/c1-25-18(24)14-8-6-13(7-9-14)10-21-19(20)23-22-11-15-12-26-17-5-3-2-4-16(15)17;/h2-9,11-12H,10H2,1H3,(H3,20,21,23);1H. The lowest BCUT2D eigenvalue weighted by molar-refractivity contribution is 0.0600. The number of carbonyl (C=O) groups excluding carboxylic acids is 1. The van der Waals surface area contributed by atoms with Crippen molar-refractivity contribution in [3.63, 3.8) is 0 Å². The molecule has 0 fully saturated rings. The number of fused-ring (bicyclic) bond motifs is 1. The van der Waals surface area contributed by atoms with Crippen LogP contribution >= 0.6 is 35.3 Å². The first-order valence-corrected chi connectivity index (χ1v) is 8.79. The van der Waals surface area contributed by atoms with E-state index in [4.69, 9.17) is 5.73 Å². The third kappa shape index (κ3) is 5.51. The zero-order chi connectivity index (χ0) is 18.4. The average Bonchev–Trinajstić information content (AvgIpc) is 3.09. The Labute approximate surface area is 178 Å². The lowest BCUT2D eigenvalue weighted by Crippen LogP contribution is -2.30. The van der Waals surface area contributed by atoms with Gasteiger partial charge in [0.1, 0.15) is 0 Å². The highest BCUT2D eigenvalue weighted by molar-refractivity contribution is 14.0. The van der Waals surface area contributed by atoms with E-state index < -0.39 is 0 Å². The number of nitrogens with one attached hydrogen (secondary N) is 1. The SMILES string of the molecule is COC(=O)c1ccc(CNC(N)=NN=Cc2csc3ccccc23)cc1.I. The molecule has 3 rings (SSSR count). The van der Waals surface area contributed by atoms with Crippen LogP contribution in [-0.2, 0) is 11.3 Å². The van der Waals surface area contributed by atoms with Gasteiger partial charge < -0.3 is 15.8 Å². The van der Waals surface area contributed by atoms with E-state index in [1.165, 1.54) is 11.8 Å². The van der Waals surface area contributed by atoms with Gasteiger partial charge in [0, 0.05) is 27.6 Å². The van der Waals surface area contributed by atoms with Crippen molar-refractivity contribution in [2.45, 2.75) is 6.54 Å². The molecule has 2 aromatic carbocycles. The number of halogens is 1. The smallest absolute Gasteiger partial charge is 0.337 e. The summed E-state index contributed by atoms with van der Waals surface area (Å²) >= 11 is 1.67. The number of benzene rings is 2. The lowest BCUT2D eigenvalue weighted by atomic mass is 10.1. The van der Waals surface area contributed by atoms with Crippen LogP contribution in [-0.4, -0.2) is 25.3 Å². The molecule has 0 aliphatic rings. The van der Waals surface area contributed by atoms with E-state index in [1.54, 1.807) is 29.7 Å². The second-order valence-electron chi connectivity index (χ2n) is 5.46. The number of hydrogen-bond acceptors (Lipinski definition) is 5. The number of thiophene rings is 1. The van der Waals surface area contributed by atoms with Crippen molar-refractivity contribution in [1.82, 2.24) is 5.32 Å². The minimum Gasteiger partial charge on any atom is -0.465 e. The average molecular weight is 494 g/mol. The molecule has 3 aromatic rings. The van der Waals surface area contributed by atoms with Crippen LogP contribution in [0.2, 0.25) is 0 Å². The molecule has 0 amide bonds. The van der Waals surface area contributed by atoms with E-state index in [9.17, 15) is 4.79 Å². The summed E-state index contributed by atoms with van der Waals surface area (Å²) in [7, 11) is 1.36. The summed E-state index contributed by atoms with van der Waals surface area (Å²) in [5, 5.41) is 14.2. The summed E-state index contributed by atoms with van der Waals surface area (Å²) in [5.41, 5.74) is 8.31. The Morgan fingerprint density at radius 3 is 2.70 bits per heavy atom. The Balaban J connectivity index is 0.00000261. The van der Waals surface area contributed by atoms with Crippen molar-refractivity contribution in [2.75, 3.05) is 7.11 Å². The number of rotatable bonds is 5. The predicted octanol–water partition coefficient (Wildman–Crippen LogP) is 3.74. The molecule has 3 N–H and O–H groups in total. The van der Waals surface area contributed by atoms with Gasteiger partial charge in [0.15, 0.2) is 0 Å². The summed E-state index contributed by atoms with van der Waals surface area (Å²) in [6.45, 7) is 0.480. The van der Waals surface area contributed by atoms with Crippen LogP contribution in [0.4, 0.5) is 0 Å². The second kappa shape index (κ2) is 10.0. The third-order valence-electron chi connectivity index (χ3n) is 3.72. The van der Waals surface area contributed by atoms with Crippen molar-refractivity contribution >= 4 is 63.5 Å². The van der Waals surface area contributed by atoms with Gasteiger partial charge >= 0.3 is 5.97 Å². The largest absolute Gasteiger partial charge is 0.465 e. The summed E-state index contributed by atoms with van der Waals surface area (Å²) in [6, 6.07) is 15.2. The molecular weight excluding hydrogens is 475 g/mol. The lowest BCUT2D eigenvalue weighted by Gasteiger charge is -2.05. The molecule has 8 heteroatoms. The normalized spacial score (nSPS) is 11.4. The molecule has 1 aromatic heterocycles. The van der Waals surface area contributed by atoms with Crippen LogP contribution in [0.15, 0.2) is 64.1 Å². The van der Waals surface area contributed by atoms with E-state index in [-0.39, 0.29) is 35.9 Å². The molecule has 1 heterocycles. The van der Waals surface area contributed by atoms with Crippen molar-refractivity contribution in [3.8, 4) is 0 Å². The summed E-state index contributed by atoms with van der Waals surface area (Å²) in [5.74, 6) is -0.140. The maximum atomic E-state index is 11.4. The Kier molecular flexibility index (Phi) is 7.74. The molecule has 0 unspecified atom stereocenters. The molecule has 0 spiro atoms. The molecule has 0 radical (unpaired) electrons. The molecule has 0 saturated heterocycles. The summed E-state index contributed by atoms with van der Waals surface area (Å²) < 4.78 is 5.87. The first kappa shape index (κ1) is 20.8. The minimum absolute atomic E-state index is 0.